The molecule has 1 heterocycles. The lowest BCUT2D eigenvalue weighted by molar-refractivity contribution is 0.0454. The Morgan fingerprint density at radius 2 is 2.00 bits per heavy atom. The first kappa shape index (κ1) is 12.3. The predicted octanol–water partition coefficient (Wildman–Crippen LogP) is 0.188. The summed E-state index contributed by atoms with van der Waals surface area (Å²) >= 11 is 0. The van der Waals surface area contributed by atoms with Crippen molar-refractivity contribution in [3.63, 3.8) is 0 Å². The van der Waals surface area contributed by atoms with Gasteiger partial charge in [-0.3, -0.25) is 0 Å². The van der Waals surface area contributed by atoms with Crippen LogP contribution in [0.1, 0.15) is 20.8 Å². The van der Waals surface area contributed by atoms with E-state index in [4.69, 9.17) is 4.74 Å². The fourth-order valence-corrected chi connectivity index (χ4v) is 1.23. The SMILES string of the molecule is CC(O)C(C)(C)NC(=O)N1CCOCC1. The summed E-state index contributed by atoms with van der Waals surface area (Å²) in [6.07, 6.45) is -0.581. The zero-order valence-electron chi connectivity index (χ0n) is 9.62. The summed E-state index contributed by atoms with van der Waals surface area (Å²) in [6.45, 7) is 7.67. The highest BCUT2D eigenvalue weighted by molar-refractivity contribution is 5.75. The Morgan fingerprint density at radius 1 is 1.47 bits per heavy atom. The molecule has 1 fully saturated rings. The van der Waals surface area contributed by atoms with Crippen molar-refractivity contribution in [2.45, 2.75) is 32.4 Å². The molecule has 0 aromatic carbocycles. The Kier molecular flexibility index (Phi) is 3.93. The summed E-state index contributed by atoms with van der Waals surface area (Å²) in [7, 11) is 0. The van der Waals surface area contributed by atoms with E-state index in [2.05, 4.69) is 5.32 Å². The third-order valence-electron chi connectivity index (χ3n) is 2.77. The van der Waals surface area contributed by atoms with E-state index in [-0.39, 0.29) is 6.03 Å². The van der Waals surface area contributed by atoms with Crippen LogP contribution in [0.25, 0.3) is 0 Å². The lowest BCUT2D eigenvalue weighted by Gasteiger charge is -2.34. The minimum Gasteiger partial charge on any atom is -0.391 e. The van der Waals surface area contributed by atoms with Crippen LogP contribution in [0.2, 0.25) is 0 Å². The average Bonchev–Trinajstić information content (AvgIpc) is 2.18. The molecular formula is C10H20N2O3. The van der Waals surface area contributed by atoms with Gasteiger partial charge in [-0.1, -0.05) is 0 Å². The van der Waals surface area contributed by atoms with Crippen LogP contribution in [0.3, 0.4) is 0 Å². The van der Waals surface area contributed by atoms with Crippen LogP contribution in [0.5, 0.6) is 0 Å². The lowest BCUT2D eigenvalue weighted by Crippen LogP contribution is -2.56. The molecule has 0 aromatic heterocycles. The van der Waals surface area contributed by atoms with Crippen molar-refractivity contribution in [2.24, 2.45) is 0 Å². The molecule has 5 heteroatoms. The fourth-order valence-electron chi connectivity index (χ4n) is 1.23. The second-order valence-electron chi connectivity index (χ2n) is 4.43. The summed E-state index contributed by atoms with van der Waals surface area (Å²) in [6, 6.07) is -0.135. The van der Waals surface area contributed by atoms with Crippen molar-refractivity contribution in [3.05, 3.63) is 0 Å². The van der Waals surface area contributed by atoms with Crippen molar-refractivity contribution in [3.8, 4) is 0 Å². The number of ether oxygens (including phenoxy) is 1. The summed E-state index contributed by atoms with van der Waals surface area (Å²) < 4.78 is 5.16. The number of hydrogen-bond donors (Lipinski definition) is 2. The Hall–Kier alpha value is -0.810. The number of nitrogens with zero attached hydrogens (tertiary/aromatic N) is 1. The predicted molar refractivity (Wildman–Crippen MR) is 56.7 cm³/mol. The summed E-state index contributed by atoms with van der Waals surface area (Å²) in [5, 5.41) is 12.3. The van der Waals surface area contributed by atoms with Gasteiger partial charge in [-0.2, -0.15) is 0 Å². The quantitative estimate of drug-likeness (QED) is 0.692. The van der Waals surface area contributed by atoms with Crippen molar-refractivity contribution in [1.82, 2.24) is 10.2 Å². The van der Waals surface area contributed by atoms with Gasteiger partial charge >= 0.3 is 6.03 Å². The Labute approximate surface area is 90.4 Å². The molecule has 0 spiro atoms. The van der Waals surface area contributed by atoms with Crippen LogP contribution in [0.4, 0.5) is 4.79 Å². The zero-order valence-corrected chi connectivity index (χ0v) is 9.62. The largest absolute Gasteiger partial charge is 0.391 e. The summed E-state index contributed by atoms with van der Waals surface area (Å²) in [4.78, 5) is 13.5. The molecule has 1 saturated heterocycles. The van der Waals surface area contributed by atoms with Crippen LogP contribution in [0, 0.1) is 0 Å². The smallest absolute Gasteiger partial charge is 0.318 e. The molecule has 0 aromatic rings. The molecule has 1 aliphatic heterocycles. The highest BCUT2D eigenvalue weighted by Gasteiger charge is 2.28. The number of aliphatic hydroxyl groups is 1. The van der Waals surface area contributed by atoms with Gasteiger partial charge in [0, 0.05) is 13.1 Å². The van der Waals surface area contributed by atoms with Gasteiger partial charge in [-0.15, -0.1) is 0 Å². The van der Waals surface area contributed by atoms with Crippen LogP contribution in [-0.2, 0) is 4.74 Å². The Balaban J connectivity index is 2.47. The molecular weight excluding hydrogens is 196 g/mol. The fraction of sp³-hybridized carbons (Fsp3) is 0.900. The topological polar surface area (TPSA) is 61.8 Å². The first-order valence-electron chi connectivity index (χ1n) is 5.26. The average molecular weight is 216 g/mol. The molecule has 1 rings (SSSR count). The van der Waals surface area contributed by atoms with Gasteiger partial charge in [0.2, 0.25) is 0 Å². The maximum Gasteiger partial charge on any atom is 0.318 e. The highest BCUT2D eigenvalue weighted by atomic mass is 16.5. The van der Waals surface area contributed by atoms with E-state index in [9.17, 15) is 9.90 Å². The van der Waals surface area contributed by atoms with Gasteiger partial charge < -0.3 is 20.1 Å². The van der Waals surface area contributed by atoms with E-state index >= 15 is 0 Å². The lowest BCUT2D eigenvalue weighted by atomic mass is 9.99. The second-order valence-corrected chi connectivity index (χ2v) is 4.43. The summed E-state index contributed by atoms with van der Waals surface area (Å²) in [5.74, 6) is 0. The monoisotopic (exact) mass is 216 g/mol. The van der Waals surface area contributed by atoms with Gasteiger partial charge in [0.15, 0.2) is 0 Å². The minimum atomic E-state index is -0.602. The number of carbonyl (C=O) groups is 1. The molecule has 1 unspecified atom stereocenters. The molecule has 2 amide bonds. The van der Waals surface area contributed by atoms with Crippen LogP contribution >= 0.6 is 0 Å². The minimum absolute atomic E-state index is 0.135. The normalized spacial score (nSPS) is 19.9. The third kappa shape index (κ3) is 3.35. The Morgan fingerprint density at radius 3 is 2.47 bits per heavy atom. The second kappa shape index (κ2) is 4.81. The van der Waals surface area contributed by atoms with Crippen molar-refractivity contribution in [2.75, 3.05) is 26.3 Å². The molecule has 0 bridgehead atoms. The standard InChI is InChI=1S/C10H20N2O3/c1-8(13)10(2,3)11-9(14)12-4-6-15-7-5-12/h8,13H,4-7H2,1-3H3,(H,11,14). The van der Waals surface area contributed by atoms with Crippen LogP contribution < -0.4 is 5.32 Å². The number of morpholine rings is 1. The van der Waals surface area contributed by atoms with Crippen molar-refractivity contribution in [1.29, 1.82) is 0 Å². The van der Waals surface area contributed by atoms with Crippen LogP contribution in [0.15, 0.2) is 0 Å². The van der Waals surface area contributed by atoms with E-state index in [0.717, 1.165) is 0 Å². The molecule has 2 N–H and O–H groups in total. The first-order valence-corrected chi connectivity index (χ1v) is 5.26. The molecule has 1 atom stereocenters. The maximum absolute atomic E-state index is 11.8. The van der Waals surface area contributed by atoms with Gasteiger partial charge in [0.1, 0.15) is 0 Å². The van der Waals surface area contributed by atoms with Gasteiger partial charge in [0.25, 0.3) is 0 Å². The van der Waals surface area contributed by atoms with Crippen molar-refractivity contribution < 1.29 is 14.6 Å². The molecule has 0 radical (unpaired) electrons. The van der Waals surface area contributed by atoms with Gasteiger partial charge in [0.05, 0.1) is 24.9 Å². The number of amides is 2. The van der Waals surface area contributed by atoms with E-state index < -0.39 is 11.6 Å². The third-order valence-corrected chi connectivity index (χ3v) is 2.77. The number of aliphatic hydroxyl groups excluding tert-OH is 1. The number of urea groups is 1. The summed E-state index contributed by atoms with van der Waals surface area (Å²) in [5.41, 5.74) is -0.602. The molecule has 15 heavy (non-hydrogen) atoms. The van der Waals surface area contributed by atoms with Crippen LogP contribution in [-0.4, -0.2) is 54.0 Å². The molecule has 1 aliphatic rings. The number of rotatable bonds is 2. The van der Waals surface area contributed by atoms with E-state index in [0.29, 0.717) is 26.3 Å². The Bertz CT molecular complexity index is 223. The maximum atomic E-state index is 11.8. The number of hydrogen-bond acceptors (Lipinski definition) is 3. The van der Waals surface area contributed by atoms with Crippen molar-refractivity contribution >= 4 is 6.03 Å². The number of carbonyl (C=O) groups excluding carboxylic acids is 1. The van der Waals surface area contributed by atoms with E-state index in [1.54, 1.807) is 25.7 Å². The molecule has 0 saturated carbocycles. The molecule has 5 nitrogen and oxygen atoms in total. The molecule has 88 valence electrons. The van der Waals surface area contributed by atoms with Gasteiger partial charge in [-0.05, 0) is 20.8 Å². The van der Waals surface area contributed by atoms with Gasteiger partial charge in [-0.25, -0.2) is 4.79 Å². The van der Waals surface area contributed by atoms with E-state index in [1.807, 2.05) is 0 Å². The first-order chi connectivity index (χ1) is 6.93. The highest BCUT2D eigenvalue weighted by Crippen LogP contribution is 2.09. The zero-order chi connectivity index (χ0) is 11.5. The number of nitrogens with one attached hydrogen (secondary N) is 1. The van der Waals surface area contributed by atoms with E-state index in [1.165, 1.54) is 0 Å². The molecule has 0 aliphatic carbocycles.